The molecule has 0 spiro atoms. The molecule has 120 valence electrons. The van der Waals surface area contributed by atoms with Gasteiger partial charge in [0.05, 0.1) is 24.3 Å². The fourth-order valence-corrected chi connectivity index (χ4v) is 2.08. The Balaban J connectivity index is 2.10. The van der Waals surface area contributed by atoms with Crippen LogP contribution in [0.4, 0.5) is 15.8 Å². The van der Waals surface area contributed by atoms with E-state index in [1.54, 1.807) is 12.1 Å². The van der Waals surface area contributed by atoms with Crippen molar-refractivity contribution in [1.29, 1.82) is 0 Å². The molecule has 0 aromatic heterocycles. The zero-order chi connectivity index (χ0) is 16.8. The lowest BCUT2D eigenvalue weighted by Gasteiger charge is -2.12. The fraction of sp³-hybridized carbons (Fsp3) is 0.125. The summed E-state index contributed by atoms with van der Waals surface area (Å²) in [4.78, 5) is 23.5. The number of hydrogen-bond donors (Lipinski definition) is 3. The van der Waals surface area contributed by atoms with Gasteiger partial charge >= 0.3 is 0 Å². The minimum Gasteiger partial charge on any atom is -0.324 e. The van der Waals surface area contributed by atoms with Crippen LogP contribution in [0.3, 0.4) is 0 Å². The molecule has 4 N–H and O–H groups in total. The summed E-state index contributed by atoms with van der Waals surface area (Å²) in [5.74, 6) is -1.07. The van der Waals surface area contributed by atoms with Gasteiger partial charge in [-0.1, -0.05) is 23.7 Å². The number of rotatable bonds is 5. The van der Waals surface area contributed by atoms with Gasteiger partial charge < -0.3 is 16.4 Å². The van der Waals surface area contributed by atoms with Gasteiger partial charge in [0.25, 0.3) is 0 Å². The molecule has 0 radical (unpaired) electrons. The predicted molar refractivity (Wildman–Crippen MR) is 87.9 cm³/mol. The van der Waals surface area contributed by atoms with E-state index in [9.17, 15) is 14.0 Å². The number of nitrogens with one attached hydrogen (secondary N) is 2. The van der Waals surface area contributed by atoms with Crippen LogP contribution in [0.15, 0.2) is 42.5 Å². The zero-order valence-electron chi connectivity index (χ0n) is 12.1. The van der Waals surface area contributed by atoms with E-state index in [1.807, 2.05) is 0 Å². The van der Waals surface area contributed by atoms with Gasteiger partial charge in [0, 0.05) is 5.02 Å². The first-order valence-corrected chi connectivity index (χ1v) is 7.19. The lowest BCUT2D eigenvalue weighted by Crippen LogP contribution is -2.23. The normalized spacial score (nSPS) is 10.2. The van der Waals surface area contributed by atoms with Gasteiger partial charge in [0.2, 0.25) is 11.8 Å². The first-order valence-electron chi connectivity index (χ1n) is 6.81. The maximum atomic E-state index is 12.9. The Morgan fingerprint density at radius 2 is 1.65 bits per heavy atom. The number of hydrogen-bond acceptors (Lipinski definition) is 3. The minimum atomic E-state index is -0.402. The number of anilines is 2. The SMILES string of the molecule is NCC(=O)Nc1cc(Cl)ccc1NC(=O)Cc1ccc(F)cc1. The molecule has 0 aliphatic rings. The minimum absolute atomic E-state index is 0.0766. The average Bonchev–Trinajstić information content (AvgIpc) is 2.52. The Bertz CT molecular complexity index is 720. The van der Waals surface area contributed by atoms with Gasteiger partial charge in [-0.2, -0.15) is 0 Å². The van der Waals surface area contributed by atoms with E-state index in [1.165, 1.54) is 30.3 Å². The Kier molecular flexibility index (Phi) is 5.67. The Labute approximate surface area is 137 Å². The Morgan fingerprint density at radius 1 is 1.00 bits per heavy atom. The fourth-order valence-electron chi connectivity index (χ4n) is 1.91. The van der Waals surface area contributed by atoms with E-state index in [2.05, 4.69) is 10.6 Å². The monoisotopic (exact) mass is 335 g/mol. The summed E-state index contributed by atoms with van der Waals surface area (Å²) < 4.78 is 12.9. The van der Waals surface area contributed by atoms with Crippen LogP contribution >= 0.6 is 11.6 Å². The van der Waals surface area contributed by atoms with Crippen LogP contribution < -0.4 is 16.4 Å². The number of nitrogens with two attached hydrogens (primary N) is 1. The van der Waals surface area contributed by atoms with Crippen LogP contribution in [0.25, 0.3) is 0 Å². The second-order valence-electron chi connectivity index (χ2n) is 4.79. The lowest BCUT2D eigenvalue weighted by atomic mass is 10.1. The molecule has 0 aliphatic carbocycles. The molecule has 5 nitrogen and oxygen atoms in total. The second kappa shape index (κ2) is 7.71. The summed E-state index contributed by atoms with van der Waals surface area (Å²) >= 11 is 5.89. The summed E-state index contributed by atoms with van der Waals surface area (Å²) in [5, 5.41) is 5.66. The van der Waals surface area contributed by atoms with Gasteiger partial charge in [-0.05, 0) is 35.9 Å². The van der Waals surface area contributed by atoms with Crippen LogP contribution in [0, 0.1) is 5.82 Å². The highest BCUT2D eigenvalue weighted by Crippen LogP contribution is 2.26. The maximum absolute atomic E-state index is 12.9. The van der Waals surface area contributed by atoms with Crippen LogP contribution in [0.5, 0.6) is 0 Å². The van der Waals surface area contributed by atoms with Crippen molar-refractivity contribution in [1.82, 2.24) is 0 Å². The third-order valence-electron chi connectivity index (χ3n) is 2.99. The van der Waals surface area contributed by atoms with E-state index in [0.29, 0.717) is 22.0 Å². The molecule has 0 atom stereocenters. The molecular weight excluding hydrogens is 321 g/mol. The van der Waals surface area contributed by atoms with Gasteiger partial charge in [-0.15, -0.1) is 0 Å². The van der Waals surface area contributed by atoms with Crippen molar-refractivity contribution in [2.75, 3.05) is 17.2 Å². The number of carbonyl (C=O) groups is 2. The molecule has 0 heterocycles. The van der Waals surface area contributed by atoms with Crippen LogP contribution in [0.2, 0.25) is 5.02 Å². The summed E-state index contributed by atoms with van der Waals surface area (Å²) in [7, 11) is 0. The van der Waals surface area contributed by atoms with Crippen molar-refractivity contribution in [3.8, 4) is 0 Å². The number of halogens is 2. The van der Waals surface area contributed by atoms with Crippen LogP contribution in [0.1, 0.15) is 5.56 Å². The van der Waals surface area contributed by atoms with Crippen molar-refractivity contribution in [2.45, 2.75) is 6.42 Å². The quantitative estimate of drug-likeness (QED) is 0.785. The smallest absolute Gasteiger partial charge is 0.238 e. The third kappa shape index (κ3) is 5.05. The molecule has 0 fully saturated rings. The molecule has 2 aromatic rings. The summed E-state index contributed by atoms with van der Waals surface area (Å²) in [5.41, 5.74) is 6.70. The largest absolute Gasteiger partial charge is 0.324 e. The van der Waals surface area contributed by atoms with Crippen molar-refractivity contribution in [3.63, 3.8) is 0 Å². The standard InChI is InChI=1S/C16H15ClFN3O2/c17-11-3-6-13(14(8-11)21-16(23)9-19)20-15(22)7-10-1-4-12(18)5-2-10/h1-6,8H,7,9,19H2,(H,20,22)(H,21,23). The molecule has 0 bridgehead atoms. The van der Waals surface area contributed by atoms with Crippen molar-refractivity contribution >= 4 is 34.8 Å². The first-order chi connectivity index (χ1) is 11.0. The van der Waals surface area contributed by atoms with Gasteiger partial charge in [-0.3, -0.25) is 9.59 Å². The highest BCUT2D eigenvalue weighted by atomic mass is 35.5. The molecule has 2 rings (SSSR count). The number of benzene rings is 2. The van der Waals surface area contributed by atoms with E-state index in [0.717, 1.165) is 0 Å². The predicted octanol–water partition coefficient (Wildman–Crippen LogP) is 2.56. The zero-order valence-corrected chi connectivity index (χ0v) is 12.9. The number of amides is 2. The molecule has 0 unspecified atom stereocenters. The van der Waals surface area contributed by atoms with Gasteiger partial charge in [-0.25, -0.2) is 4.39 Å². The molecule has 2 aromatic carbocycles. The third-order valence-corrected chi connectivity index (χ3v) is 3.23. The van der Waals surface area contributed by atoms with Crippen molar-refractivity contribution in [2.24, 2.45) is 5.73 Å². The highest BCUT2D eigenvalue weighted by molar-refractivity contribution is 6.31. The molecular formula is C16H15ClFN3O2. The van der Waals surface area contributed by atoms with Crippen molar-refractivity contribution < 1.29 is 14.0 Å². The molecule has 0 saturated carbocycles. The molecule has 23 heavy (non-hydrogen) atoms. The maximum Gasteiger partial charge on any atom is 0.238 e. The van der Waals surface area contributed by atoms with Crippen molar-refractivity contribution in [3.05, 3.63) is 58.9 Å². The molecule has 0 aliphatic heterocycles. The molecule has 2 amide bonds. The van der Waals surface area contributed by atoms with E-state index < -0.39 is 5.91 Å². The second-order valence-corrected chi connectivity index (χ2v) is 5.23. The number of carbonyl (C=O) groups excluding carboxylic acids is 2. The molecule has 7 heteroatoms. The summed E-state index contributed by atoms with van der Waals surface area (Å²) in [6.45, 7) is -0.185. The summed E-state index contributed by atoms with van der Waals surface area (Å²) in [6, 6.07) is 10.3. The van der Waals surface area contributed by atoms with Crippen LogP contribution in [-0.4, -0.2) is 18.4 Å². The lowest BCUT2D eigenvalue weighted by molar-refractivity contribution is -0.116. The van der Waals surface area contributed by atoms with E-state index in [-0.39, 0.29) is 24.7 Å². The van der Waals surface area contributed by atoms with Gasteiger partial charge in [0.1, 0.15) is 5.82 Å². The Hall–Kier alpha value is -2.44. The molecule has 0 saturated heterocycles. The first kappa shape index (κ1) is 16.9. The van der Waals surface area contributed by atoms with E-state index in [4.69, 9.17) is 17.3 Å². The highest BCUT2D eigenvalue weighted by Gasteiger charge is 2.10. The van der Waals surface area contributed by atoms with Gasteiger partial charge in [0.15, 0.2) is 0 Å². The summed E-state index contributed by atoms with van der Waals surface area (Å²) in [6.07, 6.45) is 0.0766. The average molecular weight is 336 g/mol. The Morgan fingerprint density at radius 3 is 2.30 bits per heavy atom. The van der Waals surface area contributed by atoms with E-state index >= 15 is 0 Å². The van der Waals surface area contributed by atoms with Crippen LogP contribution in [-0.2, 0) is 16.0 Å². The topological polar surface area (TPSA) is 84.2 Å².